The third-order valence-corrected chi connectivity index (χ3v) is 1.79. The fourth-order valence-corrected chi connectivity index (χ4v) is 1.18. The number of ether oxygens (including phenoxy) is 1. The van der Waals surface area contributed by atoms with Gasteiger partial charge in [0.25, 0.3) is 6.01 Å². The molecule has 0 amide bonds. The minimum atomic E-state index is 0.427. The van der Waals surface area contributed by atoms with E-state index < -0.39 is 0 Å². The molecule has 2 heterocycles. The molecule has 1 aliphatic rings. The van der Waals surface area contributed by atoms with Crippen LogP contribution in [0.1, 0.15) is 13.8 Å². The van der Waals surface area contributed by atoms with Crippen molar-refractivity contribution in [1.29, 1.82) is 0 Å². The molecule has 0 bridgehead atoms. The smallest absolute Gasteiger partial charge is 0.299 e. The van der Waals surface area contributed by atoms with E-state index in [-0.39, 0.29) is 0 Å². The lowest BCUT2D eigenvalue weighted by molar-refractivity contribution is 0.120. The van der Waals surface area contributed by atoms with E-state index in [0.29, 0.717) is 11.8 Å². The quantitative estimate of drug-likeness (QED) is 0.734. The van der Waals surface area contributed by atoms with Crippen LogP contribution in [0.15, 0.2) is 10.7 Å². The standard InChI is InChI=1S/C7H11N3O2.C2H6/c8-6-5-12-7(9-6)10-1-3-11-4-2-10;1-2/h5H,1-4,8H2;1-2H3. The van der Waals surface area contributed by atoms with Gasteiger partial charge in [0.2, 0.25) is 0 Å². The summed E-state index contributed by atoms with van der Waals surface area (Å²) in [5.74, 6) is 0.427. The molecule has 5 nitrogen and oxygen atoms in total. The van der Waals surface area contributed by atoms with E-state index in [0.717, 1.165) is 26.3 Å². The van der Waals surface area contributed by atoms with Crippen LogP contribution >= 0.6 is 0 Å². The highest BCUT2D eigenvalue weighted by molar-refractivity contribution is 5.35. The summed E-state index contributed by atoms with van der Waals surface area (Å²) in [6.07, 6.45) is 1.45. The van der Waals surface area contributed by atoms with Gasteiger partial charge in [-0.25, -0.2) is 0 Å². The lowest BCUT2D eigenvalue weighted by Gasteiger charge is -2.24. The second-order valence-corrected chi connectivity index (χ2v) is 2.65. The molecule has 2 N–H and O–H groups in total. The third kappa shape index (κ3) is 2.63. The second kappa shape index (κ2) is 5.49. The molecule has 1 aromatic rings. The van der Waals surface area contributed by atoms with Crippen molar-refractivity contribution in [2.45, 2.75) is 13.8 Å². The van der Waals surface area contributed by atoms with E-state index in [4.69, 9.17) is 14.9 Å². The predicted molar refractivity (Wildman–Crippen MR) is 55.3 cm³/mol. The van der Waals surface area contributed by atoms with Crippen LogP contribution in [-0.4, -0.2) is 31.3 Å². The highest BCUT2D eigenvalue weighted by atomic mass is 16.5. The highest BCUT2D eigenvalue weighted by Gasteiger charge is 2.15. The van der Waals surface area contributed by atoms with Gasteiger partial charge in [-0.1, -0.05) is 13.8 Å². The van der Waals surface area contributed by atoms with Crippen molar-refractivity contribution in [3.8, 4) is 0 Å². The number of oxazole rings is 1. The Morgan fingerprint density at radius 3 is 2.50 bits per heavy atom. The average molecular weight is 199 g/mol. The van der Waals surface area contributed by atoms with E-state index >= 15 is 0 Å². The normalized spacial score (nSPS) is 16.0. The molecule has 14 heavy (non-hydrogen) atoms. The van der Waals surface area contributed by atoms with Gasteiger partial charge in [-0.05, 0) is 0 Å². The molecule has 0 unspecified atom stereocenters. The summed E-state index contributed by atoms with van der Waals surface area (Å²) in [4.78, 5) is 6.03. The van der Waals surface area contributed by atoms with E-state index in [2.05, 4.69) is 4.98 Å². The van der Waals surface area contributed by atoms with Crippen molar-refractivity contribution >= 4 is 11.8 Å². The van der Waals surface area contributed by atoms with Gasteiger partial charge in [0.15, 0.2) is 5.82 Å². The number of hydrogen-bond acceptors (Lipinski definition) is 5. The maximum Gasteiger partial charge on any atom is 0.299 e. The molecule has 0 spiro atoms. The first kappa shape index (κ1) is 10.8. The van der Waals surface area contributed by atoms with Gasteiger partial charge >= 0.3 is 0 Å². The Labute approximate surface area is 83.8 Å². The van der Waals surface area contributed by atoms with E-state index in [1.54, 1.807) is 0 Å². The molecule has 80 valence electrons. The Morgan fingerprint density at radius 2 is 2.00 bits per heavy atom. The Kier molecular flexibility index (Phi) is 4.25. The minimum Gasteiger partial charge on any atom is -0.430 e. The first-order chi connectivity index (χ1) is 6.86. The number of nitrogens with zero attached hydrogens (tertiary/aromatic N) is 2. The Bertz CT molecular complexity index is 256. The lowest BCUT2D eigenvalue weighted by Crippen LogP contribution is -2.36. The number of morpholine rings is 1. The first-order valence-electron chi connectivity index (χ1n) is 4.90. The number of nitrogens with two attached hydrogens (primary N) is 1. The molecular weight excluding hydrogens is 182 g/mol. The lowest BCUT2D eigenvalue weighted by atomic mass is 10.4. The molecular formula is C9H17N3O2. The van der Waals surface area contributed by atoms with Gasteiger partial charge in [-0.2, -0.15) is 4.98 Å². The van der Waals surface area contributed by atoms with Crippen molar-refractivity contribution in [3.05, 3.63) is 6.26 Å². The van der Waals surface area contributed by atoms with Crippen molar-refractivity contribution < 1.29 is 9.15 Å². The fraction of sp³-hybridized carbons (Fsp3) is 0.667. The van der Waals surface area contributed by atoms with Crippen LogP contribution in [0.5, 0.6) is 0 Å². The average Bonchev–Trinajstić information content (AvgIpc) is 2.69. The molecule has 0 radical (unpaired) electrons. The van der Waals surface area contributed by atoms with Crippen LogP contribution < -0.4 is 10.6 Å². The molecule has 5 heteroatoms. The van der Waals surface area contributed by atoms with Crippen LogP contribution in [0.4, 0.5) is 11.8 Å². The molecule has 1 aliphatic heterocycles. The van der Waals surface area contributed by atoms with Gasteiger partial charge in [0, 0.05) is 13.1 Å². The molecule has 1 saturated heterocycles. The number of rotatable bonds is 1. The summed E-state index contributed by atoms with van der Waals surface area (Å²) in [6, 6.07) is 0.593. The second-order valence-electron chi connectivity index (χ2n) is 2.65. The van der Waals surface area contributed by atoms with Gasteiger partial charge < -0.3 is 19.8 Å². The summed E-state index contributed by atoms with van der Waals surface area (Å²) < 4.78 is 10.3. The number of nitrogen functional groups attached to an aromatic ring is 1. The molecule has 1 fully saturated rings. The van der Waals surface area contributed by atoms with E-state index in [1.165, 1.54) is 6.26 Å². The zero-order chi connectivity index (χ0) is 10.4. The van der Waals surface area contributed by atoms with Crippen LogP contribution in [0.2, 0.25) is 0 Å². The first-order valence-corrected chi connectivity index (χ1v) is 4.90. The third-order valence-electron chi connectivity index (χ3n) is 1.79. The fourth-order valence-electron chi connectivity index (χ4n) is 1.18. The number of anilines is 2. The topological polar surface area (TPSA) is 64.5 Å². The van der Waals surface area contributed by atoms with Crippen molar-refractivity contribution in [2.24, 2.45) is 0 Å². The van der Waals surface area contributed by atoms with E-state index in [1.807, 2.05) is 18.7 Å². The monoisotopic (exact) mass is 199 g/mol. The zero-order valence-corrected chi connectivity index (χ0v) is 8.69. The molecule has 0 saturated carbocycles. The van der Waals surface area contributed by atoms with Crippen LogP contribution in [0.3, 0.4) is 0 Å². The maximum atomic E-state index is 5.42. The van der Waals surface area contributed by atoms with Gasteiger partial charge in [0.1, 0.15) is 6.26 Å². The molecule has 0 aromatic carbocycles. The Balaban J connectivity index is 0.000000461. The summed E-state index contributed by atoms with van der Waals surface area (Å²) >= 11 is 0. The predicted octanol–water partition coefficient (Wildman–Crippen LogP) is 1.12. The number of aromatic nitrogens is 1. The van der Waals surface area contributed by atoms with E-state index in [9.17, 15) is 0 Å². The minimum absolute atomic E-state index is 0.427. The molecule has 0 aliphatic carbocycles. The summed E-state index contributed by atoms with van der Waals surface area (Å²) in [5.41, 5.74) is 5.42. The molecule has 0 atom stereocenters. The zero-order valence-electron chi connectivity index (χ0n) is 8.69. The Morgan fingerprint density at radius 1 is 1.36 bits per heavy atom. The summed E-state index contributed by atoms with van der Waals surface area (Å²) in [5, 5.41) is 0. The largest absolute Gasteiger partial charge is 0.430 e. The van der Waals surface area contributed by atoms with Gasteiger partial charge in [0.05, 0.1) is 13.2 Å². The van der Waals surface area contributed by atoms with Crippen LogP contribution in [0.25, 0.3) is 0 Å². The Hall–Kier alpha value is -1.23. The summed E-state index contributed by atoms with van der Waals surface area (Å²) in [7, 11) is 0. The van der Waals surface area contributed by atoms with Crippen molar-refractivity contribution in [2.75, 3.05) is 36.9 Å². The highest BCUT2D eigenvalue weighted by Crippen LogP contribution is 2.15. The maximum absolute atomic E-state index is 5.42. The molecule has 2 rings (SSSR count). The van der Waals surface area contributed by atoms with Crippen molar-refractivity contribution in [1.82, 2.24) is 4.98 Å². The van der Waals surface area contributed by atoms with Gasteiger partial charge in [-0.3, -0.25) is 0 Å². The number of hydrogen-bond donors (Lipinski definition) is 1. The molecule has 1 aromatic heterocycles. The van der Waals surface area contributed by atoms with Crippen molar-refractivity contribution in [3.63, 3.8) is 0 Å². The van der Waals surface area contributed by atoms with Crippen LogP contribution in [0, 0.1) is 0 Å². The van der Waals surface area contributed by atoms with Crippen LogP contribution in [-0.2, 0) is 4.74 Å². The SMILES string of the molecule is CC.Nc1coc(N2CCOCC2)n1. The summed E-state index contributed by atoms with van der Waals surface area (Å²) in [6.45, 7) is 7.09. The van der Waals surface area contributed by atoms with Gasteiger partial charge in [-0.15, -0.1) is 0 Å².